The first-order chi connectivity index (χ1) is 15.7. The predicted molar refractivity (Wildman–Crippen MR) is 129 cm³/mol. The number of benzene rings is 3. The number of ether oxygens (including phenoxy) is 1. The molecule has 6 nitrogen and oxygen atoms in total. The lowest BCUT2D eigenvalue weighted by Crippen LogP contribution is -2.50. The van der Waals surface area contributed by atoms with Gasteiger partial charge in [-0.25, -0.2) is 5.01 Å². The van der Waals surface area contributed by atoms with Crippen molar-refractivity contribution < 1.29 is 9.53 Å². The minimum Gasteiger partial charge on any atom is -0.493 e. The molecule has 2 aliphatic rings. The third-order valence-electron chi connectivity index (χ3n) is 5.45. The zero-order valence-electron chi connectivity index (χ0n) is 18.0. The summed E-state index contributed by atoms with van der Waals surface area (Å²) in [5.41, 5.74) is 1.42. The number of fused-ring (bicyclic) bond motifs is 3. The molecule has 0 saturated carbocycles. The summed E-state index contributed by atoms with van der Waals surface area (Å²) in [6, 6.07) is 19.9. The first kappa shape index (κ1) is 20.6. The van der Waals surface area contributed by atoms with Crippen LogP contribution in [0.15, 0.2) is 70.8 Å². The van der Waals surface area contributed by atoms with E-state index in [0.717, 1.165) is 44.8 Å². The molecular formula is C25H24N4O2S. The van der Waals surface area contributed by atoms with E-state index < -0.39 is 6.17 Å². The maximum absolute atomic E-state index is 13.3. The van der Waals surface area contributed by atoms with Gasteiger partial charge in [0, 0.05) is 16.5 Å². The first-order valence-electron chi connectivity index (χ1n) is 10.8. The summed E-state index contributed by atoms with van der Waals surface area (Å²) in [7, 11) is 0. The third-order valence-corrected chi connectivity index (χ3v) is 6.52. The minimum absolute atomic E-state index is 0.163. The number of amides is 1. The Morgan fingerprint density at radius 3 is 2.72 bits per heavy atom. The second-order valence-electron chi connectivity index (χ2n) is 7.55. The Labute approximate surface area is 190 Å². The largest absolute Gasteiger partial charge is 0.493 e. The van der Waals surface area contributed by atoms with Crippen LogP contribution < -0.4 is 20.6 Å². The molecule has 1 atom stereocenters. The van der Waals surface area contributed by atoms with Crippen molar-refractivity contribution in [3.8, 4) is 5.75 Å². The fourth-order valence-corrected chi connectivity index (χ4v) is 4.81. The number of para-hydroxylation sites is 1. The van der Waals surface area contributed by atoms with Crippen LogP contribution in [0.4, 0.5) is 0 Å². The van der Waals surface area contributed by atoms with Gasteiger partial charge in [-0.15, -0.1) is 5.10 Å². The van der Waals surface area contributed by atoms with Gasteiger partial charge in [0.25, 0.3) is 5.91 Å². The second kappa shape index (κ2) is 8.67. The van der Waals surface area contributed by atoms with Crippen LogP contribution in [0.3, 0.4) is 0 Å². The van der Waals surface area contributed by atoms with Crippen molar-refractivity contribution >= 4 is 39.3 Å². The summed E-state index contributed by atoms with van der Waals surface area (Å²) >= 11 is 1.54. The molecule has 0 bridgehead atoms. The standard InChI is InChI=1S/C25H24N4O2S/c1-3-15-32-25-27-24(30)22-18-11-7-8-12-19(18)26-23(29(22)28-25)21-17-10-6-5-9-16(17)13-14-20(21)31-4-2/h5-14,23H,3-4,15H2,1-2H3,(H,27,28,30)/t23-/m0/s1. The maximum atomic E-state index is 13.3. The third kappa shape index (κ3) is 3.52. The molecule has 0 saturated heterocycles. The number of carbonyl (C=O) groups excluding carboxylic acids is 1. The van der Waals surface area contributed by atoms with Crippen LogP contribution in [0.25, 0.3) is 16.5 Å². The second-order valence-corrected chi connectivity index (χ2v) is 8.64. The smallest absolute Gasteiger partial charge is 0.276 e. The van der Waals surface area contributed by atoms with Gasteiger partial charge in [0.1, 0.15) is 11.4 Å². The first-order valence-corrected chi connectivity index (χ1v) is 11.8. The number of amidine groups is 1. The lowest BCUT2D eigenvalue weighted by Gasteiger charge is -2.35. The van der Waals surface area contributed by atoms with E-state index in [1.165, 1.54) is 0 Å². The molecule has 7 heteroatoms. The van der Waals surface area contributed by atoms with Gasteiger partial charge >= 0.3 is 0 Å². The lowest BCUT2D eigenvalue weighted by atomic mass is 9.99. The van der Waals surface area contributed by atoms with Gasteiger partial charge in [-0.3, -0.25) is 15.1 Å². The molecule has 0 radical (unpaired) electrons. The number of hydrogen-bond donors (Lipinski definition) is 1. The van der Waals surface area contributed by atoms with Gasteiger partial charge in [-0.05, 0) is 36.2 Å². The molecule has 0 unspecified atom stereocenters. The van der Waals surface area contributed by atoms with E-state index in [1.54, 1.807) is 16.8 Å². The summed E-state index contributed by atoms with van der Waals surface area (Å²) in [6.07, 6.45) is 0.473. The zero-order chi connectivity index (χ0) is 22.1. The van der Waals surface area contributed by atoms with Gasteiger partial charge in [0.05, 0.1) is 12.0 Å². The van der Waals surface area contributed by atoms with E-state index in [2.05, 4.69) is 30.4 Å². The van der Waals surface area contributed by atoms with Crippen LogP contribution in [0.1, 0.15) is 32.0 Å². The Kier molecular flexibility index (Phi) is 5.57. The molecular weight excluding hydrogens is 420 g/mol. The van der Waals surface area contributed by atoms with Crippen molar-refractivity contribution in [2.75, 3.05) is 12.4 Å². The summed E-state index contributed by atoms with van der Waals surface area (Å²) in [4.78, 5) is 18.3. The van der Waals surface area contributed by atoms with Crippen molar-refractivity contribution in [1.29, 1.82) is 0 Å². The topological polar surface area (TPSA) is 66.3 Å². The van der Waals surface area contributed by atoms with Crippen LogP contribution >= 0.6 is 11.8 Å². The number of nitrogens with one attached hydrogen (secondary N) is 1. The predicted octanol–water partition coefficient (Wildman–Crippen LogP) is 3.52. The lowest BCUT2D eigenvalue weighted by molar-refractivity contribution is -0.116. The van der Waals surface area contributed by atoms with Crippen molar-refractivity contribution in [1.82, 2.24) is 10.3 Å². The molecule has 32 heavy (non-hydrogen) atoms. The van der Waals surface area contributed by atoms with Gasteiger partial charge in [0.15, 0.2) is 11.3 Å². The zero-order valence-corrected chi connectivity index (χ0v) is 18.9. The van der Waals surface area contributed by atoms with Crippen LogP contribution in [-0.2, 0) is 4.79 Å². The quantitative estimate of drug-likeness (QED) is 0.654. The molecule has 3 aromatic rings. The number of hydrazone groups is 1. The van der Waals surface area contributed by atoms with Crippen LogP contribution in [0.5, 0.6) is 5.75 Å². The summed E-state index contributed by atoms with van der Waals surface area (Å²) in [5.74, 6) is 1.46. The van der Waals surface area contributed by atoms with Gasteiger partial charge in [-0.2, -0.15) is 0 Å². The summed E-state index contributed by atoms with van der Waals surface area (Å²) in [6.45, 7) is 4.61. The molecule has 1 amide bonds. The van der Waals surface area contributed by atoms with Crippen LogP contribution in [0, 0.1) is 0 Å². The highest BCUT2D eigenvalue weighted by molar-refractivity contribution is 8.13. The Morgan fingerprint density at radius 1 is 1.06 bits per heavy atom. The Morgan fingerprint density at radius 2 is 1.88 bits per heavy atom. The minimum atomic E-state index is -0.518. The normalized spacial score (nSPS) is 17.2. The number of thioether (sulfide) groups is 1. The van der Waals surface area contributed by atoms with Crippen molar-refractivity contribution in [2.24, 2.45) is 10.1 Å². The van der Waals surface area contributed by atoms with Gasteiger partial charge in [-0.1, -0.05) is 67.2 Å². The summed E-state index contributed by atoms with van der Waals surface area (Å²) in [5, 5.41) is 13.9. The molecule has 3 aromatic carbocycles. The summed E-state index contributed by atoms with van der Waals surface area (Å²) < 4.78 is 6.03. The highest BCUT2D eigenvalue weighted by Crippen LogP contribution is 2.40. The average Bonchev–Trinajstić information content (AvgIpc) is 2.82. The molecule has 162 valence electrons. The SMILES string of the molecule is CCCSC1=NN2C(=c3ccccc3=N[C@@H]2c2c(OCC)ccc3ccccc23)C(=O)N1. The molecule has 1 N–H and O–H groups in total. The Bertz CT molecular complexity index is 1350. The molecule has 0 spiro atoms. The highest BCUT2D eigenvalue weighted by atomic mass is 32.2. The monoisotopic (exact) mass is 444 g/mol. The van der Waals surface area contributed by atoms with E-state index >= 15 is 0 Å². The Balaban J connectivity index is 1.79. The fourth-order valence-electron chi connectivity index (χ4n) is 4.10. The van der Waals surface area contributed by atoms with E-state index in [1.807, 2.05) is 49.4 Å². The van der Waals surface area contributed by atoms with Crippen molar-refractivity contribution in [3.05, 3.63) is 76.8 Å². The Hall–Kier alpha value is -3.32. The molecule has 5 rings (SSSR count). The van der Waals surface area contributed by atoms with Gasteiger partial charge < -0.3 is 4.74 Å². The number of nitrogens with zero attached hydrogens (tertiary/aromatic N) is 3. The molecule has 0 aliphatic carbocycles. The van der Waals surface area contributed by atoms with E-state index in [0.29, 0.717) is 17.5 Å². The number of hydrogen-bond acceptors (Lipinski definition) is 6. The maximum Gasteiger partial charge on any atom is 0.276 e. The molecule has 0 fully saturated rings. The number of carbonyl (C=O) groups is 1. The van der Waals surface area contributed by atoms with E-state index in [9.17, 15) is 4.79 Å². The van der Waals surface area contributed by atoms with E-state index in [4.69, 9.17) is 14.8 Å². The molecule has 2 aliphatic heterocycles. The molecule has 0 aromatic heterocycles. The molecule has 2 heterocycles. The highest BCUT2D eigenvalue weighted by Gasteiger charge is 2.36. The van der Waals surface area contributed by atoms with Crippen LogP contribution in [-0.4, -0.2) is 28.4 Å². The van der Waals surface area contributed by atoms with Gasteiger partial charge in [0.2, 0.25) is 0 Å². The number of rotatable bonds is 5. The van der Waals surface area contributed by atoms with E-state index in [-0.39, 0.29) is 5.91 Å². The average molecular weight is 445 g/mol. The fraction of sp³-hybridized carbons (Fsp3) is 0.240. The van der Waals surface area contributed by atoms with Crippen molar-refractivity contribution in [3.63, 3.8) is 0 Å². The van der Waals surface area contributed by atoms with Crippen molar-refractivity contribution in [2.45, 2.75) is 26.4 Å². The van der Waals surface area contributed by atoms with Crippen LogP contribution in [0.2, 0.25) is 0 Å².